The smallest absolute Gasteiger partial charge is 0.309 e. The number of rotatable bonds is 8. The Labute approximate surface area is 212 Å². The van der Waals surface area contributed by atoms with Gasteiger partial charge in [-0.2, -0.15) is 0 Å². The summed E-state index contributed by atoms with van der Waals surface area (Å²) in [5, 5.41) is 24.7. The highest BCUT2D eigenvalue weighted by Crippen LogP contribution is 2.32. The van der Waals surface area contributed by atoms with Gasteiger partial charge in [0.05, 0.1) is 11.1 Å². The number of piperidine rings is 1. The van der Waals surface area contributed by atoms with Crippen molar-refractivity contribution < 1.29 is 19.8 Å². The van der Waals surface area contributed by atoms with Crippen LogP contribution in [-0.4, -0.2) is 44.6 Å². The van der Waals surface area contributed by atoms with E-state index in [-0.39, 0.29) is 12.3 Å². The highest BCUT2D eigenvalue weighted by molar-refractivity contribution is 5.85. The predicted octanol–water partition coefficient (Wildman–Crippen LogP) is 5.28. The van der Waals surface area contributed by atoms with E-state index in [9.17, 15) is 19.8 Å². The number of nitrogens with zero attached hydrogens (tertiary/aromatic N) is 2. The second-order valence-electron chi connectivity index (χ2n) is 10.5. The first-order chi connectivity index (χ1) is 17.1. The highest BCUT2D eigenvalue weighted by atomic mass is 16.4. The fraction of sp³-hybridized carbons (Fsp3) is 0.448. The SMILES string of the molecule is CCn1c(C(O)Nc2ccc(C3CCN(C(=O)CC(C)(C)C(=O)O)CC3)cc2)cc2c(C)cccc21. The van der Waals surface area contributed by atoms with E-state index < -0.39 is 17.6 Å². The van der Waals surface area contributed by atoms with Crippen LogP contribution in [0.4, 0.5) is 5.69 Å². The number of carbonyl (C=O) groups excluding carboxylic acids is 1. The van der Waals surface area contributed by atoms with E-state index in [4.69, 9.17) is 0 Å². The van der Waals surface area contributed by atoms with Crippen molar-refractivity contribution in [3.63, 3.8) is 0 Å². The molecule has 3 aromatic rings. The van der Waals surface area contributed by atoms with Gasteiger partial charge in [-0.15, -0.1) is 0 Å². The van der Waals surface area contributed by atoms with Crippen LogP contribution >= 0.6 is 0 Å². The molecule has 1 aliphatic rings. The topological polar surface area (TPSA) is 94.8 Å². The number of aryl methyl sites for hydroxylation is 2. The molecule has 2 heterocycles. The first-order valence-electron chi connectivity index (χ1n) is 12.7. The number of aliphatic carboxylic acids is 1. The van der Waals surface area contributed by atoms with E-state index in [0.29, 0.717) is 19.0 Å². The minimum Gasteiger partial charge on any atom is -0.481 e. The Bertz CT molecular complexity index is 1240. The maximum atomic E-state index is 12.6. The van der Waals surface area contributed by atoms with Crippen LogP contribution in [-0.2, 0) is 16.1 Å². The number of nitrogens with one attached hydrogen (secondary N) is 1. The Morgan fingerprint density at radius 2 is 1.78 bits per heavy atom. The van der Waals surface area contributed by atoms with E-state index in [1.807, 2.05) is 18.2 Å². The molecule has 2 aromatic carbocycles. The summed E-state index contributed by atoms with van der Waals surface area (Å²) in [7, 11) is 0. The Hall–Kier alpha value is -3.32. The van der Waals surface area contributed by atoms with Gasteiger partial charge in [-0.1, -0.05) is 24.3 Å². The molecule has 1 amide bonds. The van der Waals surface area contributed by atoms with Gasteiger partial charge >= 0.3 is 5.97 Å². The van der Waals surface area contributed by atoms with Gasteiger partial charge in [0.25, 0.3) is 0 Å². The van der Waals surface area contributed by atoms with Gasteiger partial charge in [-0.05, 0) is 81.8 Å². The van der Waals surface area contributed by atoms with Crippen molar-refractivity contribution in [3.8, 4) is 0 Å². The normalized spacial score (nSPS) is 15.8. The van der Waals surface area contributed by atoms with E-state index in [2.05, 4.69) is 54.1 Å². The summed E-state index contributed by atoms with van der Waals surface area (Å²) in [4.78, 5) is 25.7. The van der Waals surface area contributed by atoms with Gasteiger partial charge in [-0.25, -0.2) is 0 Å². The monoisotopic (exact) mass is 491 g/mol. The van der Waals surface area contributed by atoms with Crippen molar-refractivity contribution in [1.82, 2.24) is 9.47 Å². The summed E-state index contributed by atoms with van der Waals surface area (Å²) in [5.74, 6) is -0.684. The third kappa shape index (κ3) is 5.26. The van der Waals surface area contributed by atoms with Crippen LogP contribution in [0.3, 0.4) is 0 Å². The van der Waals surface area contributed by atoms with Crippen molar-refractivity contribution in [1.29, 1.82) is 0 Å². The molecule has 3 N–H and O–H groups in total. The van der Waals surface area contributed by atoms with Gasteiger partial charge < -0.3 is 25.0 Å². The summed E-state index contributed by atoms with van der Waals surface area (Å²) in [6.07, 6.45) is 0.897. The van der Waals surface area contributed by atoms with Crippen LogP contribution in [0.25, 0.3) is 10.9 Å². The molecule has 7 heteroatoms. The average Bonchev–Trinajstić information content (AvgIpc) is 3.24. The Balaban J connectivity index is 1.37. The number of carboxylic acid groups (broad SMARTS) is 1. The van der Waals surface area contributed by atoms with Gasteiger partial charge in [0.15, 0.2) is 6.23 Å². The van der Waals surface area contributed by atoms with Gasteiger partial charge in [0.2, 0.25) is 5.91 Å². The zero-order valence-electron chi connectivity index (χ0n) is 21.6. The number of aliphatic hydroxyl groups excluding tert-OH is 1. The number of anilines is 1. The van der Waals surface area contributed by atoms with Crippen molar-refractivity contribution >= 4 is 28.5 Å². The van der Waals surface area contributed by atoms with E-state index >= 15 is 0 Å². The van der Waals surface area contributed by atoms with E-state index in [1.54, 1.807) is 18.7 Å². The summed E-state index contributed by atoms with van der Waals surface area (Å²) < 4.78 is 2.14. The molecule has 1 saturated heterocycles. The second kappa shape index (κ2) is 10.3. The molecule has 36 heavy (non-hydrogen) atoms. The molecule has 1 unspecified atom stereocenters. The predicted molar refractivity (Wildman–Crippen MR) is 142 cm³/mol. The third-order valence-electron chi connectivity index (χ3n) is 7.50. The maximum Gasteiger partial charge on any atom is 0.309 e. The fourth-order valence-corrected chi connectivity index (χ4v) is 5.14. The maximum absolute atomic E-state index is 12.6. The first kappa shape index (κ1) is 25.8. The van der Waals surface area contributed by atoms with Crippen LogP contribution in [0.15, 0.2) is 48.5 Å². The molecule has 0 saturated carbocycles. The average molecular weight is 492 g/mol. The zero-order valence-corrected chi connectivity index (χ0v) is 21.6. The molecule has 1 fully saturated rings. The van der Waals surface area contributed by atoms with Crippen molar-refractivity contribution in [3.05, 3.63) is 65.4 Å². The fourth-order valence-electron chi connectivity index (χ4n) is 5.14. The Kier molecular flexibility index (Phi) is 7.41. The Morgan fingerprint density at radius 1 is 1.11 bits per heavy atom. The number of amides is 1. The van der Waals surface area contributed by atoms with Crippen LogP contribution < -0.4 is 5.32 Å². The highest BCUT2D eigenvalue weighted by Gasteiger charge is 2.33. The standard InChI is InChI=1S/C29H37N3O4/c1-5-32-24-8-6-7-19(2)23(24)17-25(32)27(34)30-22-11-9-20(10-12-22)21-13-15-31(16-14-21)26(33)18-29(3,4)28(35)36/h6-12,17,21,27,30,34H,5,13-16,18H2,1-4H3,(H,35,36). The molecular weight excluding hydrogens is 454 g/mol. The molecule has 0 spiro atoms. The number of hydrogen-bond acceptors (Lipinski definition) is 4. The molecular formula is C29H37N3O4. The number of aromatic nitrogens is 1. The number of fused-ring (bicyclic) bond motifs is 1. The largest absolute Gasteiger partial charge is 0.481 e. The lowest BCUT2D eigenvalue weighted by atomic mass is 9.86. The lowest BCUT2D eigenvalue weighted by Gasteiger charge is -2.34. The van der Waals surface area contributed by atoms with Crippen molar-refractivity contribution in [2.75, 3.05) is 18.4 Å². The lowest BCUT2D eigenvalue weighted by Crippen LogP contribution is -2.41. The van der Waals surface area contributed by atoms with Crippen molar-refractivity contribution in [2.24, 2.45) is 5.41 Å². The molecule has 0 radical (unpaired) electrons. The number of carboxylic acids is 1. The van der Waals surface area contributed by atoms with Crippen LogP contribution in [0.2, 0.25) is 0 Å². The quantitative estimate of drug-likeness (QED) is 0.373. The summed E-state index contributed by atoms with van der Waals surface area (Å²) in [5.41, 5.74) is 4.17. The lowest BCUT2D eigenvalue weighted by molar-refractivity contribution is -0.151. The van der Waals surface area contributed by atoms with Gasteiger partial charge in [0.1, 0.15) is 0 Å². The number of benzene rings is 2. The molecule has 4 rings (SSSR count). The minimum absolute atomic E-state index is 0.0201. The molecule has 7 nitrogen and oxygen atoms in total. The first-order valence-corrected chi connectivity index (χ1v) is 12.7. The minimum atomic E-state index is -1.05. The Morgan fingerprint density at radius 3 is 2.39 bits per heavy atom. The molecule has 192 valence electrons. The molecule has 0 aliphatic carbocycles. The number of likely N-dealkylation sites (tertiary alicyclic amines) is 1. The van der Waals surface area contributed by atoms with Crippen LogP contribution in [0.5, 0.6) is 0 Å². The summed E-state index contributed by atoms with van der Waals surface area (Å²) >= 11 is 0. The zero-order chi connectivity index (χ0) is 26.0. The number of hydrogen-bond donors (Lipinski definition) is 3. The van der Waals surface area contributed by atoms with Gasteiger partial charge in [-0.3, -0.25) is 9.59 Å². The number of carbonyl (C=O) groups is 2. The van der Waals surface area contributed by atoms with Crippen molar-refractivity contribution in [2.45, 2.75) is 65.6 Å². The van der Waals surface area contributed by atoms with E-state index in [0.717, 1.165) is 41.7 Å². The summed E-state index contributed by atoms with van der Waals surface area (Å²) in [6, 6.07) is 16.4. The molecule has 1 atom stereocenters. The molecule has 0 bridgehead atoms. The van der Waals surface area contributed by atoms with Crippen LogP contribution in [0.1, 0.15) is 69.0 Å². The summed E-state index contributed by atoms with van der Waals surface area (Å²) in [6.45, 7) is 9.40. The van der Waals surface area contributed by atoms with Crippen LogP contribution in [0, 0.1) is 12.3 Å². The third-order valence-corrected chi connectivity index (χ3v) is 7.50. The molecule has 1 aromatic heterocycles. The number of aliphatic hydroxyl groups is 1. The van der Waals surface area contributed by atoms with Gasteiger partial charge in [0, 0.05) is 42.6 Å². The molecule has 1 aliphatic heterocycles. The second-order valence-corrected chi connectivity index (χ2v) is 10.5. The van der Waals surface area contributed by atoms with E-state index in [1.165, 1.54) is 11.1 Å².